The molecular weight excluding hydrogens is 214 g/mol. The molecule has 0 aliphatic rings. The first-order chi connectivity index (χ1) is 6.98. The Hall–Kier alpha value is -0.170. The fraction of sp³-hybridized carbons (Fsp3) is 1.00. The van der Waals surface area contributed by atoms with Crippen molar-refractivity contribution in [1.82, 2.24) is 14.9 Å². The molecule has 0 rings (SSSR count). The van der Waals surface area contributed by atoms with Gasteiger partial charge in [0.1, 0.15) is 0 Å². The van der Waals surface area contributed by atoms with Crippen molar-refractivity contribution in [2.75, 3.05) is 46.0 Å². The lowest BCUT2D eigenvalue weighted by atomic mass is 10.4. The molecule has 0 saturated carbocycles. The third kappa shape index (κ3) is 10.1. The zero-order chi connectivity index (χ0) is 11.7. The minimum Gasteiger partial charge on any atom is -0.316 e. The van der Waals surface area contributed by atoms with Gasteiger partial charge in [0.2, 0.25) is 10.0 Å². The standard InChI is InChI=1S/C9H23N3O2S/c1-4-10-7-9-15(13,14)11-6-5-8-12(2)3/h10-11H,4-9H2,1-3H3. The Balaban J connectivity index is 3.56. The predicted octanol–water partition coefficient (Wildman–Crippen LogP) is -0.533. The van der Waals surface area contributed by atoms with Gasteiger partial charge in [-0.1, -0.05) is 6.92 Å². The van der Waals surface area contributed by atoms with Crippen LogP contribution in [-0.2, 0) is 10.0 Å². The van der Waals surface area contributed by atoms with E-state index in [9.17, 15) is 8.42 Å². The van der Waals surface area contributed by atoms with Gasteiger partial charge in [0, 0.05) is 13.1 Å². The lowest BCUT2D eigenvalue weighted by molar-refractivity contribution is 0.400. The summed E-state index contributed by atoms with van der Waals surface area (Å²) in [5.41, 5.74) is 0. The summed E-state index contributed by atoms with van der Waals surface area (Å²) in [7, 11) is 0.861. The van der Waals surface area contributed by atoms with E-state index in [1.54, 1.807) is 0 Å². The van der Waals surface area contributed by atoms with Crippen LogP contribution in [-0.4, -0.2) is 59.3 Å². The maximum Gasteiger partial charge on any atom is 0.212 e. The van der Waals surface area contributed by atoms with Crippen LogP contribution in [0.1, 0.15) is 13.3 Å². The molecule has 0 saturated heterocycles. The molecule has 0 aromatic heterocycles. The highest BCUT2D eigenvalue weighted by molar-refractivity contribution is 7.89. The highest BCUT2D eigenvalue weighted by atomic mass is 32.2. The summed E-state index contributed by atoms with van der Waals surface area (Å²) in [6.07, 6.45) is 0.841. The van der Waals surface area contributed by atoms with Crippen molar-refractivity contribution in [3.63, 3.8) is 0 Å². The first-order valence-electron chi connectivity index (χ1n) is 5.30. The van der Waals surface area contributed by atoms with E-state index in [0.717, 1.165) is 19.5 Å². The van der Waals surface area contributed by atoms with E-state index < -0.39 is 10.0 Å². The van der Waals surface area contributed by atoms with Gasteiger partial charge in [0.25, 0.3) is 0 Å². The minimum absolute atomic E-state index is 0.156. The number of rotatable bonds is 9. The third-order valence-corrected chi connectivity index (χ3v) is 3.29. The molecule has 5 nitrogen and oxygen atoms in total. The van der Waals surface area contributed by atoms with E-state index in [4.69, 9.17) is 0 Å². The third-order valence-electron chi connectivity index (χ3n) is 1.90. The first kappa shape index (κ1) is 14.8. The summed E-state index contributed by atoms with van der Waals surface area (Å²) in [5, 5.41) is 2.99. The van der Waals surface area contributed by atoms with Crippen LogP contribution in [0, 0.1) is 0 Å². The normalized spacial score (nSPS) is 12.3. The summed E-state index contributed by atoms with van der Waals surface area (Å²) < 4.78 is 25.3. The van der Waals surface area contributed by atoms with Crippen LogP contribution in [0.3, 0.4) is 0 Å². The smallest absolute Gasteiger partial charge is 0.212 e. The van der Waals surface area contributed by atoms with Crippen LogP contribution in [0.4, 0.5) is 0 Å². The second-order valence-corrected chi connectivity index (χ2v) is 5.65. The Morgan fingerprint density at radius 3 is 2.40 bits per heavy atom. The van der Waals surface area contributed by atoms with Gasteiger partial charge < -0.3 is 10.2 Å². The molecule has 6 heteroatoms. The van der Waals surface area contributed by atoms with Crippen LogP contribution in [0.15, 0.2) is 0 Å². The fourth-order valence-corrected chi connectivity index (χ4v) is 2.09. The molecule has 0 radical (unpaired) electrons. The Bertz CT molecular complexity index is 240. The average molecular weight is 237 g/mol. The van der Waals surface area contributed by atoms with Gasteiger partial charge in [-0.3, -0.25) is 0 Å². The van der Waals surface area contributed by atoms with Crippen LogP contribution >= 0.6 is 0 Å². The molecule has 0 fully saturated rings. The van der Waals surface area contributed by atoms with Crippen molar-refractivity contribution >= 4 is 10.0 Å². The second-order valence-electron chi connectivity index (χ2n) is 3.72. The van der Waals surface area contributed by atoms with Gasteiger partial charge in [-0.05, 0) is 33.6 Å². The Labute approximate surface area is 93.3 Å². The van der Waals surface area contributed by atoms with Gasteiger partial charge in [-0.15, -0.1) is 0 Å². The quantitative estimate of drug-likeness (QED) is 0.529. The van der Waals surface area contributed by atoms with Gasteiger partial charge >= 0.3 is 0 Å². The fourth-order valence-electron chi connectivity index (χ4n) is 1.08. The lowest BCUT2D eigenvalue weighted by Crippen LogP contribution is -2.33. The van der Waals surface area contributed by atoms with Crippen molar-refractivity contribution in [1.29, 1.82) is 0 Å². The zero-order valence-electron chi connectivity index (χ0n) is 9.91. The first-order valence-corrected chi connectivity index (χ1v) is 6.96. The monoisotopic (exact) mass is 237 g/mol. The van der Waals surface area contributed by atoms with Gasteiger partial charge in [-0.2, -0.15) is 0 Å². The molecule has 0 bridgehead atoms. The molecule has 0 heterocycles. The minimum atomic E-state index is -3.08. The molecule has 92 valence electrons. The highest BCUT2D eigenvalue weighted by Crippen LogP contribution is 1.86. The lowest BCUT2D eigenvalue weighted by Gasteiger charge is -2.10. The predicted molar refractivity (Wildman–Crippen MR) is 63.5 cm³/mol. The molecule has 0 spiro atoms. The van der Waals surface area contributed by atoms with Crippen molar-refractivity contribution in [3.8, 4) is 0 Å². The van der Waals surface area contributed by atoms with Crippen LogP contribution in [0.5, 0.6) is 0 Å². The summed E-state index contributed by atoms with van der Waals surface area (Å²) >= 11 is 0. The summed E-state index contributed by atoms with van der Waals surface area (Å²) in [4.78, 5) is 2.03. The zero-order valence-corrected chi connectivity index (χ0v) is 10.7. The molecule has 0 aliphatic carbocycles. The molecule has 0 unspecified atom stereocenters. The Kier molecular flexibility index (Phi) is 7.95. The maximum atomic E-state index is 11.4. The largest absolute Gasteiger partial charge is 0.316 e. The van der Waals surface area contributed by atoms with Crippen LogP contribution < -0.4 is 10.0 Å². The summed E-state index contributed by atoms with van der Waals surface area (Å²) in [5.74, 6) is 0.156. The molecule has 0 atom stereocenters. The maximum absolute atomic E-state index is 11.4. The van der Waals surface area contributed by atoms with Crippen LogP contribution in [0.25, 0.3) is 0 Å². The number of nitrogens with zero attached hydrogens (tertiary/aromatic N) is 1. The molecule has 0 aromatic carbocycles. The summed E-state index contributed by atoms with van der Waals surface area (Å²) in [6, 6.07) is 0. The van der Waals surface area contributed by atoms with E-state index in [0.29, 0.717) is 13.1 Å². The van der Waals surface area contributed by atoms with E-state index >= 15 is 0 Å². The van der Waals surface area contributed by atoms with E-state index in [2.05, 4.69) is 10.0 Å². The van der Waals surface area contributed by atoms with Crippen molar-refractivity contribution in [3.05, 3.63) is 0 Å². The van der Waals surface area contributed by atoms with E-state index in [1.807, 2.05) is 25.9 Å². The molecule has 0 amide bonds. The Morgan fingerprint density at radius 2 is 1.87 bits per heavy atom. The number of hydrogen-bond donors (Lipinski definition) is 2. The topological polar surface area (TPSA) is 61.4 Å². The molecular formula is C9H23N3O2S. The number of nitrogens with one attached hydrogen (secondary N) is 2. The number of sulfonamides is 1. The second kappa shape index (κ2) is 8.04. The molecule has 0 aromatic rings. The molecule has 2 N–H and O–H groups in total. The van der Waals surface area contributed by atoms with E-state index in [1.165, 1.54) is 0 Å². The van der Waals surface area contributed by atoms with Crippen molar-refractivity contribution in [2.24, 2.45) is 0 Å². The Morgan fingerprint density at radius 1 is 1.20 bits per heavy atom. The van der Waals surface area contributed by atoms with Gasteiger partial charge in [0.15, 0.2) is 0 Å². The van der Waals surface area contributed by atoms with Crippen molar-refractivity contribution in [2.45, 2.75) is 13.3 Å². The van der Waals surface area contributed by atoms with Gasteiger partial charge in [-0.25, -0.2) is 13.1 Å². The number of hydrogen-bond acceptors (Lipinski definition) is 4. The highest BCUT2D eigenvalue weighted by Gasteiger charge is 2.07. The molecule has 15 heavy (non-hydrogen) atoms. The summed E-state index contributed by atoms with van der Waals surface area (Å²) in [6.45, 7) is 4.69. The van der Waals surface area contributed by atoms with Gasteiger partial charge in [0.05, 0.1) is 5.75 Å². The molecule has 0 aliphatic heterocycles. The van der Waals surface area contributed by atoms with Crippen molar-refractivity contribution < 1.29 is 8.42 Å². The van der Waals surface area contributed by atoms with Crippen LogP contribution in [0.2, 0.25) is 0 Å². The average Bonchev–Trinajstić information content (AvgIpc) is 2.13. The SMILES string of the molecule is CCNCCS(=O)(=O)NCCCN(C)C. The van der Waals surface area contributed by atoms with E-state index in [-0.39, 0.29) is 5.75 Å².